The van der Waals surface area contributed by atoms with Crippen LogP contribution in [0.15, 0.2) is 35.6 Å². The zero-order valence-corrected chi connectivity index (χ0v) is 11.9. The van der Waals surface area contributed by atoms with Gasteiger partial charge in [0.15, 0.2) is 5.82 Å². The number of hydrogen-bond acceptors (Lipinski definition) is 3. The minimum absolute atomic E-state index is 0.518. The second-order valence-corrected chi connectivity index (χ2v) is 4.93. The number of aryl methyl sites for hydroxylation is 1. The fourth-order valence-electron chi connectivity index (χ4n) is 2.15. The summed E-state index contributed by atoms with van der Waals surface area (Å²) in [5.41, 5.74) is 2.13. The van der Waals surface area contributed by atoms with E-state index >= 15 is 0 Å². The van der Waals surface area contributed by atoms with Crippen molar-refractivity contribution in [1.82, 2.24) is 19.9 Å². The van der Waals surface area contributed by atoms with Crippen LogP contribution in [-0.4, -0.2) is 26.1 Å². The van der Waals surface area contributed by atoms with E-state index in [2.05, 4.69) is 33.3 Å². The lowest BCUT2D eigenvalue weighted by atomic mass is 10.2. The first-order valence-electron chi connectivity index (χ1n) is 6.56. The zero-order chi connectivity index (χ0) is 13.9. The lowest BCUT2D eigenvalue weighted by Crippen LogP contribution is -1.98. The predicted molar refractivity (Wildman–Crippen MR) is 82.7 cm³/mol. The van der Waals surface area contributed by atoms with Gasteiger partial charge < -0.3 is 4.98 Å². The molecule has 6 heteroatoms. The van der Waals surface area contributed by atoms with Crippen molar-refractivity contribution in [3.63, 3.8) is 0 Å². The SMILES string of the molecule is CCCc1n[nH]c(=S)n1/N=C/c1c[nH]c2ccccc12. The Kier molecular flexibility index (Phi) is 3.47. The zero-order valence-electron chi connectivity index (χ0n) is 11.1. The number of H-pyrrole nitrogens is 2. The van der Waals surface area contributed by atoms with Crippen LogP contribution in [0.5, 0.6) is 0 Å². The summed E-state index contributed by atoms with van der Waals surface area (Å²) in [5, 5.41) is 12.6. The summed E-state index contributed by atoms with van der Waals surface area (Å²) in [6, 6.07) is 8.12. The molecule has 0 unspecified atom stereocenters. The minimum Gasteiger partial charge on any atom is -0.361 e. The first kappa shape index (κ1) is 12.8. The second kappa shape index (κ2) is 5.42. The fraction of sp³-hybridized carbons (Fsp3) is 0.214. The highest BCUT2D eigenvalue weighted by Gasteiger charge is 2.04. The maximum atomic E-state index is 5.20. The van der Waals surface area contributed by atoms with Crippen LogP contribution in [0.1, 0.15) is 24.7 Å². The molecular formula is C14H15N5S. The highest BCUT2D eigenvalue weighted by Crippen LogP contribution is 2.15. The van der Waals surface area contributed by atoms with E-state index in [1.807, 2.05) is 30.6 Å². The van der Waals surface area contributed by atoms with Crippen molar-refractivity contribution in [2.75, 3.05) is 0 Å². The van der Waals surface area contributed by atoms with Gasteiger partial charge in [-0.3, -0.25) is 5.10 Å². The van der Waals surface area contributed by atoms with Crippen LogP contribution < -0.4 is 0 Å². The third kappa shape index (κ3) is 2.30. The van der Waals surface area contributed by atoms with Crippen molar-refractivity contribution in [3.8, 4) is 0 Å². The van der Waals surface area contributed by atoms with Gasteiger partial charge in [-0.1, -0.05) is 25.1 Å². The Hall–Kier alpha value is -2.21. The molecule has 0 atom stereocenters. The van der Waals surface area contributed by atoms with Crippen molar-refractivity contribution >= 4 is 29.3 Å². The van der Waals surface area contributed by atoms with E-state index in [9.17, 15) is 0 Å². The molecule has 0 saturated carbocycles. The maximum absolute atomic E-state index is 5.20. The van der Waals surface area contributed by atoms with Crippen LogP contribution in [0.2, 0.25) is 0 Å². The molecule has 2 heterocycles. The summed E-state index contributed by atoms with van der Waals surface area (Å²) < 4.78 is 2.20. The molecular weight excluding hydrogens is 270 g/mol. The lowest BCUT2D eigenvalue weighted by molar-refractivity contribution is 0.740. The average Bonchev–Trinajstić information content (AvgIpc) is 3.02. The average molecular weight is 285 g/mol. The predicted octanol–water partition coefficient (Wildman–Crippen LogP) is 3.26. The highest BCUT2D eigenvalue weighted by molar-refractivity contribution is 7.71. The molecule has 3 aromatic rings. The molecule has 0 spiro atoms. The molecule has 102 valence electrons. The summed E-state index contributed by atoms with van der Waals surface area (Å²) in [6.07, 6.45) is 5.60. The number of hydrogen-bond donors (Lipinski definition) is 2. The normalized spacial score (nSPS) is 11.7. The van der Waals surface area contributed by atoms with Gasteiger partial charge in [-0.25, -0.2) is 0 Å². The van der Waals surface area contributed by atoms with Crippen LogP contribution in [-0.2, 0) is 6.42 Å². The van der Waals surface area contributed by atoms with Crippen molar-refractivity contribution in [3.05, 3.63) is 46.6 Å². The number of fused-ring (bicyclic) bond motifs is 1. The van der Waals surface area contributed by atoms with Crippen molar-refractivity contribution in [2.24, 2.45) is 5.10 Å². The number of aromatic amines is 2. The van der Waals surface area contributed by atoms with Crippen molar-refractivity contribution in [2.45, 2.75) is 19.8 Å². The summed E-state index contributed by atoms with van der Waals surface area (Å²) in [7, 11) is 0. The van der Waals surface area contributed by atoms with Crippen LogP contribution in [0.25, 0.3) is 10.9 Å². The Morgan fingerprint density at radius 3 is 3.10 bits per heavy atom. The largest absolute Gasteiger partial charge is 0.361 e. The molecule has 20 heavy (non-hydrogen) atoms. The molecule has 0 aliphatic heterocycles. The first-order valence-corrected chi connectivity index (χ1v) is 6.97. The second-order valence-electron chi connectivity index (χ2n) is 4.54. The van der Waals surface area contributed by atoms with E-state index in [4.69, 9.17) is 12.2 Å². The van der Waals surface area contributed by atoms with Crippen LogP contribution in [0, 0.1) is 4.77 Å². The standard InChI is InChI=1S/C14H15N5S/c1-2-5-13-17-18-14(20)19(13)16-9-10-8-15-12-7-4-3-6-11(10)12/h3-4,6-9,15H,2,5H2,1H3,(H,18,20)/b16-9+. The molecule has 0 radical (unpaired) electrons. The highest BCUT2D eigenvalue weighted by atomic mass is 32.1. The van der Waals surface area contributed by atoms with Gasteiger partial charge in [-0.2, -0.15) is 14.9 Å². The van der Waals surface area contributed by atoms with Gasteiger partial charge >= 0.3 is 0 Å². The van der Waals surface area contributed by atoms with Gasteiger partial charge in [0.25, 0.3) is 0 Å². The Labute approximate surface area is 121 Å². The van der Waals surface area contributed by atoms with E-state index in [1.54, 1.807) is 4.68 Å². The van der Waals surface area contributed by atoms with E-state index in [0.29, 0.717) is 4.77 Å². The van der Waals surface area contributed by atoms with Crippen molar-refractivity contribution in [1.29, 1.82) is 0 Å². The van der Waals surface area contributed by atoms with E-state index in [1.165, 1.54) is 0 Å². The molecule has 0 saturated heterocycles. The van der Waals surface area contributed by atoms with Crippen LogP contribution in [0.3, 0.4) is 0 Å². The van der Waals surface area contributed by atoms with E-state index in [0.717, 1.165) is 35.1 Å². The Morgan fingerprint density at radius 1 is 1.40 bits per heavy atom. The van der Waals surface area contributed by atoms with Crippen molar-refractivity contribution < 1.29 is 0 Å². The van der Waals surface area contributed by atoms with Gasteiger partial charge in [0.2, 0.25) is 4.77 Å². The van der Waals surface area contributed by atoms with Gasteiger partial charge in [0.1, 0.15) is 0 Å². The molecule has 2 aromatic heterocycles. The number of nitrogens with one attached hydrogen (secondary N) is 2. The van der Waals surface area contributed by atoms with Gasteiger partial charge in [0, 0.05) is 29.1 Å². The van der Waals surface area contributed by atoms with Gasteiger partial charge in [-0.15, -0.1) is 0 Å². The molecule has 3 rings (SSSR count). The summed E-state index contributed by atoms with van der Waals surface area (Å²) in [4.78, 5) is 3.22. The lowest BCUT2D eigenvalue weighted by Gasteiger charge is -1.97. The smallest absolute Gasteiger partial charge is 0.216 e. The Bertz CT molecular complexity index is 808. The summed E-state index contributed by atoms with van der Waals surface area (Å²) in [5.74, 6) is 0.855. The van der Waals surface area contributed by atoms with E-state index < -0.39 is 0 Å². The molecule has 0 amide bonds. The van der Waals surface area contributed by atoms with Gasteiger partial charge in [-0.05, 0) is 24.7 Å². The molecule has 2 N–H and O–H groups in total. The first-order chi connectivity index (χ1) is 9.79. The third-order valence-corrected chi connectivity index (χ3v) is 3.39. The summed E-state index contributed by atoms with van der Waals surface area (Å²) in [6.45, 7) is 2.10. The van der Waals surface area contributed by atoms with E-state index in [-0.39, 0.29) is 0 Å². The third-order valence-electron chi connectivity index (χ3n) is 3.12. The molecule has 0 aliphatic rings. The number of nitrogens with zero attached hydrogens (tertiary/aromatic N) is 3. The Balaban J connectivity index is 1.98. The monoisotopic (exact) mass is 285 g/mol. The van der Waals surface area contributed by atoms with Crippen LogP contribution in [0.4, 0.5) is 0 Å². The molecule has 0 bridgehead atoms. The molecule has 0 fully saturated rings. The molecule has 1 aromatic carbocycles. The summed E-state index contributed by atoms with van der Waals surface area (Å²) >= 11 is 5.20. The Morgan fingerprint density at radius 2 is 2.25 bits per heavy atom. The number of rotatable bonds is 4. The molecule has 0 aliphatic carbocycles. The number of aromatic nitrogens is 4. The number of benzene rings is 1. The fourth-order valence-corrected chi connectivity index (χ4v) is 2.35. The topological polar surface area (TPSA) is 61.8 Å². The number of para-hydroxylation sites is 1. The molecule has 5 nitrogen and oxygen atoms in total. The maximum Gasteiger partial charge on any atom is 0.216 e. The van der Waals surface area contributed by atoms with Gasteiger partial charge in [0.05, 0.1) is 6.21 Å². The minimum atomic E-state index is 0.518. The quantitative estimate of drug-likeness (QED) is 0.571. The van der Waals surface area contributed by atoms with Crippen LogP contribution >= 0.6 is 12.2 Å².